The molecule has 1 N–H and O–H groups in total. The maximum Gasteiger partial charge on any atom is 0.287 e. The molecule has 0 aliphatic carbocycles. The maximum absolute atomic E-state index is 10.5. The average Bonchev–Trinajstić information content (AvgIpc) is 2.54. The van der Waals surface area contributed by atoms with Crippen LogP contribution in [-0.2, 0) is 0 Å². The molecule has 1 aromatic carbocycles. The van der Waals surface area contributed by atoms with Gasteiger partial charge in [-0.25, -0.2) is 4.98 Å². The number of terminal acetylenes is 1. The van der Waals surface area contributed by atoms with Crippen molar-refractivity contribution in [3.8, 4) is 18.1 Å². The Kier molecular flexibility index (Phi) is 5.04. The highest BCUT2D eigenvalue weighted by atomic mass is 16.6. The number of anilines is 1. The van der Waals surface area contributed by atoms with Crippen LogP contribution < -0.4 is 10.2 Å². The van der Waals surface area contributed by atoms with Crippen LogP contribution in [0.1, 0.15) is 5.56 Å². The summed E-state index contributed by atoms with van der Waals surface area (Å²) in [6, 6.07) is 10.0. The van der Waals surface area contributed by atoms with Gasteiger partial charge in [0.25, 0.3) is 5.69 Å². The quantitative estimate of drug-likeness (QED) is 0.383. The number of aromatic nitrogens is 1. The predicted octanol–water partition coefficient (Wildman–Crippen LogP) is 2.45. The van der Waals surface area contributed by atoms with E-state index in [2.05, 4.69) is 21.4 Å². The highest BCUT2D eigenvalue weighted by molar-refractivity contribution is 5.80. The molecular formula is C15H12N4O3. The third-order valence-electron chi connectivity index (χ3n) is 2.55. The second kappa shape index (κ2) is 7.40. The fourth-order valence-corrected chi connectivity index (χ4v) is 1.51. The van der Waals surface area contributed by atoms with Crippen molar-refractivity contribution in [2.75, 3.05) is 12.0 Å². The first-order chi connectivity index (χ1) is 10.7. The molecule has 0 spiro atoms. The standard InChI is InChI=1S/C15H12N4O3/c1-2-9-22-14-6-3-12(4-7-14)10-17-18-15-8-5-13(11-16-15)19(20)21/h1,3-8,10-11H,9H2,(H,16,18)/b17-10+. The van der Waals surface area contributed by atoms with E-state index in [-0.39, 0.29) is 12.3 Å². The molecule has 7 heteroatoms. The minimum absolute atomic E-state index is 0.0721. The summed E-state index contributed by atoms with van der Waals surface area (Å²) < 4.78 is 5.25. The van der Waals surface area contributed by atoms with Gasteiger partial charge in [0.05, 0.1) is 11.1 Å². The third kappa shape index (κ3) is 4.31. The van der Waals surface area contributed by atoms with Gasteiger partial charge in [0.15, 0.2) is 0 Å². The normalized spacial score (nSPS) is 10.1. The van der Waals surface area contributed by atoms with Crippen molar-refractivity contribution in [1.29, 1.82) is 0 Å². The lowest BCUT2D eigenvalue weighted by Crippen LogP contribution is -1.95. The summed E-state index contributed by atoms with van der Waals surface area (Å²) in [6.45, 7) is 0.223. The van der Waals surface area contributed by atoms with E-state index in [0.29, 0.717) is 11.6 Å². The Morgan fingerprint density at radius 2 is 2.14 bits per heavy atom. The maximum atomic E-state index is 10.5. The second-order valence-corrected chi connectivity index (χ2v) is 4.09. The monoisotopic (exact) mass is 296 g/mol. The molecule has 0 bridgehead atoms. The Balaban J connectivity index is 1.91. The van der Waals surface area contributed by atoms with Gasteiger partial charge < -0.3 is 4.74 Å². The minimum atomic E-state index is -0.510. The van der Waals surface area contributed by atoms with Crippen molar-refractivity contribution in [2.45, 2.75) is 0 Å². The molecule has 0 saturated heterocycles. The molecule has 22 heavy (non-hydrogen) atoms. The zero-order valence-electron chi connectivity index (χ0n) is 11.5. The molecule has 1 aromatic heterocycles. The Morgan fingerprint density at radius 1 is 1.36 bits per heavy atom. The van der Waals surface area contributed by atoms with E-state index in [9.17, 15) is 10.1 Å². The topological polar surface area (TPSA) is 89.6 Å². The van der Waals surface area contributed by atoms with E-state index in [4.69, 9.17) is 11.2 Å². The highest BCUT2D eigenvalue weighted by Gasteiger charge is 2.04. The number of benzene rings is 1. The summed E-state index contributed by atoms with van der Waals surface area (Å²) in [5.74, 6) is 3.48. The molecule has 7 nitrogen and oxygen atoms in total. The number of nitro groups is 1. The van der Waals surface area contributed by atoms with Crippen LogP contribution in [-0.4, -0.2) is 22.7 Å². The summed E-state index contributed by atoms with van der Waals surface area (Å²) >= 11 is 0. The summed E-state index contributed by atoms with van der Waals surface area (Å²) in [5.41, 5.74) is 3.46. The fourth-order valence-electron chi connectivity index (χ4n) is 1.51. The number of hydrogen-bond acceptors (Lipinski definition) is 6. The molecule has 0 aliphatic heterocycles. The lowest BCUT2D eigenvalue weighted by Gasteiger charge is -2.02. The fraction of sp³-hybridized carbons (Fsp3) is 0.0667. The van der Waals surface area contributed by atoms with Gasteiger partial charge in [0, 0.05) is 6.07 Å². The number of rotatable bonds is 6. The van der Waals surface area contributed by atoms with Crippen molar-refractivity contribution in [3.63, 3.8) is 0 Å². The van der Waals surface area contributed by atoms with E-state index >= 15 is 0 Å². The van der Waals surface area contributed by atoms with Crippen molar-refractivity contribution < 1.29 is 9.66 Å². The van der Waals surface area contributed by atoms with Crippen molar-refractivity contribution in [3.05, 3.63) is 58.3 Å². The highest BCUT2D eigenvalue weighted by Crippen LogP contribution is 2.12. The zero-order chi connectivity index (χ0) is 15.8. The summed E-state index contributed by atoms with van der Waals surface area (Å²) in [6.07, 6.45) is 7.86. The molecule has 1 heterocycles. The molecular weight excluding hydrogens is 284 g/mol. The summed E-state index contributed by atoms with van der Waals surface area (Å²) in [4.78, 5) is 13.9. The summed E-state index contributed by atoms with van der Waals surface area (Å²) in [7, 11) is 0. The SMILES string of the molecule is C#CCOc1ccc(/C=N/Nc2ccc([N+](=O)[O-])cn2)cc1. The van der Waals surface area contributed by atoms with E-state index in [1.165, 1.54) is 12.1 Å². The third-order valence-corrected chi connectivity index (χ3v) is 2.55. The van der Waals surface area contributed by atoms with Crippen LogP contribution in [0.15, 0.2) is 47.7 Å². The Bertz CT molecular complexity index is 703. The molecule has 0 unspecified atom stereocenters. The van der Waals surface area contributed by atoms with Crippen LogP contribution in [0.3, 0.4) is 0 Å². The largest absolute Gasteiger partial charge is 0.481 e. The predicted molar refractivity (Wildman–Crippen MR) is 82.9 cm³/mol. The van der Waals surface area contributed by atoms with Crippen LogP contribution in [0.2, 0.25) is 0 Å². The first-order valence-electron chi connectivity index (χ1n) is 6.25. The smallest absolute Gasteiger partial charge is 0.287 e. The van der Waals surface area contributed by atoms with Gasteiger partial charge in [-0.15, -0.1) is 6.42 Å². The first kappa shape index (κ1) is 15.0. The molecule has 110 valence electrons. The number of hydrogen-bond donors (Lipinski definition) is 1. The van der Waals surface area contributed by atoms with Crippen LogP contribution in [0.25, 0.3) is 0 Å². The number of pyridine rings is 1. The van der Waals surface area contributed by atoms with E-state index in [0.717, 1.165) is 11.8 Å². The minimum Gasteiger partial charge on any atom is -0.481 e. The number of nitrogens with one attached hydrogen (secondary N) is 1. The Labute approximate surface area is 126 Å². The van der Waals surface area contributed by atoms with Gasteiger partial charge in [-0.05, 0) is 35.9 Å². The Morgan fingerprint density at radius 3 is 2.73 bits per heavy atom. The zero-order valence-corrected chi connectivity index (χ0v) is 11.5. The lowest BCUT2D eigenvalue weighted by molar-refractivity contribution is -0.385. The molecule has 0 fully saturated rings. The van der Waals surface area contributed by atoms with E-state index in [1.807, 2.05) is 12.1 Å². The van der Waals surface area contributed by atoms with Crippen molar-refractivity contribution in [2.24, 2.45) is 5.10 Å². The molecule has 2 aromatic rings. The van der Waals surface area contributed by atoms with Crippen LogP contribution >= 0.6 is 0 Å². The van der Waals surface area contributed by atoms with Crippen LogP contribution in [0.5, 0.6) is 5.75 Å². The van der Waals surface area contributed by atoms with Gasteiger partial charge in [-0.2, -0.15) is 5.10 Å². The van der Waals surface area contributed by atoms with Gasteiger partial charge >= 0.3 is 0 Å². The molecule has 0 aliphatic rings. The molecule has 2 rings (SSSR count). The molecule has 0 radical (unpaired) electrons. The van der Waals surface area contributed by atoms with Crippen LogP contribution in [0.4, 0.5) is 11.5 Å². The number of nitrogens with zero attached hydrogens (tertiary/aromatic N) is 3. The van der Waals surface area contributed by atoms with Crippen molar-refractivity contribution >= 4 is 17.7 Å². The van der Waals surface area contributed by atoms with Crippen molar-refractivity contribution in [1.82, 2.24) is 4.98 Å². The van der Waals surface area contributed by atoms with Gasteiger partial charge in [-0.3, -0.25) is 15.5 Å². The lowest BCUT2D eigenvalue weighted by atomic mass is 10.2. The van der Waals surface area contributed by atoms with Crippen LogP contribution in [0, 0.1) is 22.5 Å². The number of hydrazone groups is 1. The van der Waals surface area contributed by atoms with Gasteiger partial charge in [0.1, 0.15) is 24.4 Å². The Hall–Kier alpha value is -3.40. The molecule has 0 saturated carbocycles. The van der Waals surface area contributed by atoms with Gasteiger partial charge in [0.2, 0.25) is 0 Å². The van der Waals surface area contributed by atoms with Gasteiger partial charge in [-0.1, -0.05) is 5.92 Å². The van der Waals surface area contributed by atoms with E-state index in [1.54, 1.807) is 18.3 Å². The number of ether oxygens (including phenoxy) is 1. The molecule has 0 atom stereocenters. The second-order valence-electron chi connectivity index (χ2n) is 4.09. The average molecular weight is 296 g/mol. The molecule has 0 amide bonds. The van der Waals surface area contributed by atoms with E-state index < -0.39 is 4.92 Å². The summed E-state index contributed by atoms with van der Waals surface area (Å²) in [5, 5.41) is 14.5. The first-order valence-corrected chi connectivity index (χ1v) is 6.25.